The van der Waals surface area contributed by atoms with Gasteiger partial charge in [-0.05, 0) is 44.4 Å². The molecule has 0 spiro atoms. The highest BCUT2D eigenvalue weighted by molar-refractivity contribution is 5.90. The summed E-state index contributed by atoms with van der Waals surface area (Å²) in [5.74, 6) is 1.52. The number of ether oxygens (including phenoxy) is 4. The summed E-state index contributed by atoms with van der Waals surface area (Å²) in [6, 6.07) is 9.96. The molecule has 4 aromatic rings. The smallest absolute Gasteiger partial charge is 0.339 e. The van der Waals surface area contributed by atoms with Gasteiger partial charge in [0.15, 0.2) is 28.9 Å². The van der Waals surface area contributed by atoms with Crippen LogP contribution in [0.2, 0.25) is 0 Å². The summed E-state index contributed by atoms with van der Waals surface area (Å²) in [6.45, 7) is 1.47. The molecule has 2 heterocycles. The number of hydrogen-bond acceptors (Lipinski definition) is 10. The van der Waals surface area contributed by atoms with Gasteiger partial charge in [-0.3, -0.25) is 4.98 Å². The summed E-state index contributed by atoms with van der Waals surface area (Å²) in [7, 11) is 8.45. The second-order valence-corrected chi connectivity index (χ2v) is 9.06. The van der Waals surface area contributed by atoms with Gasteiger partial charge < -0.3 is 33.7 Å². The molecule has 0 aliphatic heterocycles. The molecular weight excluding hydrogens is 547 g/mol. The summed E-state index contributed by atoms with van der Waals surface area (Å²) in [4.78, 5) is 18.7. The van der Waals surface area contributed by atoms with Gasteiger partial charge in [-0.15, -0.1) is 10.2 Å². The van der Waals surface area contributed by atoms with Gasteiger partial charge in [-0.25, -0.2) is 14.6 Å². The van der Waals surface area contributed by atoms with Crippen molar-refractivity contribution in [1.29, 1.82) is 0 Å². The SMILES string of the molecule is COc1cc(/C=N/NC(=O)Nc2ccc(Oc3ccnc(-c4nncn4CCN(C)C)c3)c(F)c2)cc(OC)c1OC. The Balaban J connectivity index is 1.38. The van der Waals surface area contributed by atoms with E-state index >= 15 is 0 Å². The number of hydrazone groups is 1. The van der Waals surface area contributed by atoms with Crippen LogP contribution in [0.15, 0.2) is 60.1 Å². The maximum atomic E-state index is 14.9. The zero-order chi connectivity index (χ0) is 30.1. The molecule has 0 radical (unpaired) electrons. The van der Waals surface area contributed by atoms with E-state index < -0.39 is 11.8 Å². The predicted molar refractivity (Wildman–Crippen MR) is 154 cm³/mol. The summed E-state index contributed by atoms with van der Waals surface area (Å²) < 4.78 is 38.4. The van der Waals surface area contributed by atoms with E-state index in [1.807, 2.05) is 23.6 Å². The van der Waals surface area contributed by atoms with Gasteiger partial charge in [0.1, 0.15) is 17.8 Å². The lowest BCUT2D eigenvalue weighted by molar-refractivity contribution is 0.252. The van der Waals surface area contributed by atoms with Crippen LogP contribution in [-0.4, -0.2) is 78.9 Å². The number of carbonyl (C=O) groups excluding carboxylic acids is 1. The molecule has 13 nitrogen and oxygen atoms in total. The third kappa shape index (κ3) is 7.48. The van der Waals surface area contributed by atoms with E-state index in [1.54, 1.807) is 36.8 Å². The number of carbonyl (C=O) groups is 1. The van der Waals surface area contributed by atoms with Crippen molar-refractivity contribution in [2.45, 2.75) is 6.54 Å². The minimum absolute atomic E-state index is 0.0346. The maximum Gasteiger partial charge on any atom is 0.339 e. The van der Waals surface area contributed by atoms with E-state index in [-0.39, 0.29) is 11.4 Å². The van der Waals surface area contributed by atoms with Crippen LogP contribution in [0.5, 0.6) is 28.7 Å². The summed E-state index contributed by atoms with van der Waals surface area (Å²) in [5, 5.41) is 14.6. The predicted octanol–water partition coefficient (Wildman–Crippen LogP) is 4.01. The largest absolute Gasteiger partial charge is 0.493 e. The van der Waals surface area contributed by atoms with Crippen LogP contribution in [0.4, 0.5) is 14.9 Å². The fraction of sp³-hybridized carbons (Fsp3) is 0.250. The van der Waals surface area contributed by atoms with Gasteiger partial charge in [-0.1, -0.05) is 0 Å². The number of benzene rings is 2. The van der Waals surface area contributed by atoms with Crippen molar-refractivity contribution in [1.82, 2.24) is 30.1 Å². The minimum Gasteiger partial charge on any atom is -0.493 e. The summed E-state index contributed by atoms with van der Waals surface area (Å²) in [5.41, 5.74) is 3.65. The molecule has 0 atom stereocenters. The molecule has 0 aliphatic rings. The molecule has 220 valence electrons. The zero-order valence-corrected chi connectivity index (χ0v) is 23.8. The van der Waals surface area contributed by atoms with Crippen LogP contribution in [0.25, 0.3) is 11.5 Å². The Bertz CT molecular complexity index is 1530. The highest BCUT2D eigenvalue weighted by Gasteiger charge is 2.14. The summed E-state index contributed by atoms with van der Waals surface area (Å²) in [6.07, 6.45) is 4.58. The molecule has 42 heavy (non-hydrogen) atoms. The van der Waals surface area contributed by atoms with E-state index in [1.165, 1.54) is 39.7 Å². The first-order valence-corrected chi connectivity index (χ1v) is 12.7. The van der Waals surface area contributed by atoms with Crippen molar-refractivity contribution in [3.05, 3.63) is 66.4 Å². The number of urea groups is 1. The van der Waals surface area contributed by atoms with Crippen LogP contribution >= 0.6 is 0 Å². The van der Waals surface area contributed by atoms with Gasteiger partial charge in [0, 0.05) is 42.7 Å². The van der Waals surface area contributed by atoms with Crippen molar-refractivity contribution >= 4 is 17.9 Å². The zero-order valence-electron chi connectivity index (χ0n) is 23.8. The molecule has 2 N–H and O–H groups in total. The Kier molecular flexibility index (Phi) is 9.84. The number of amides is 2. The number of halogens is 1. The molecule has 2 amide bonds. The van der Waals surface area contributed by atoms with Crippen LogP contribution in [0.1, 0.15) is 5.56 Å². The fourth-order valence-corrected chi connectivity index (χ4v) is 3.81. The van der Waals surface area contributed by atoms with Crippen molar-refractivity contribution in [2.75, 3.05) is 47.3 Å². The average molecular weight is 579 g/mol. The molecule has 4 rings (SSSR count). The Morgan fingerprint density at radius 1 is 1.05 bits per heavy atom. The number of hydrogen-bond donors (Lipinski definition) is 2. The second kappa shape index (κ2) is 13.9. The number of anilines is 1. The first-order chi connectivity index (χ1) is 20.3. The van der Waals surface area contributed by atoms with Crippen LogP contribution < -0.4 is 29.7 Å². The highest BCUT2D eigenvalue weighted by Crippen LogP contribution is 2.37. The van der Waals surface area contributed by atoms with E-state index in [9.17, 15) is 9.18 Å². The number of pyridine rings is 1. The van der Waals surface area contributed by atoms with Gasteiger partial charge in [0.2, 0.25) is 5.75 Å². The number of nitrogens with zero attached hydrogens (tertiary/aromatic N) is 6. The first-order valence-electron chi connectivity index (χ1n) is 12.7. The lowest BCUT2D eigenvalue weighted by Gasteiger charge is -2.12. The van der Waals surface area contributed by atoms with E-state index in [0.717, 1.165) is 12.6 Å². The van der Waals surface area contributed by atoms with Gasteiger partial charge >= 0.3 is 6.03 Å². The fourth-order valence-electron chi connectivity index (χ4n) is 3.81. The highest BCUT2D eigenvalue weighted by atomic mass is 19.1. The van der Waals surface area contributed by atoms with E-state index in [0.29, 0.717) is 46.6 Å². The first kappa shape index (κ1) is 29.7. The molecule has 2 aromatic carbocycles. The number of rotatable bonds is 12. The van der Waals surface area contributed by atoms with Crippen molar-refractivity contribution in [2.24, 2.45) is 5.10 Å². The maximum absolute atomic E-state index is 14.9. The molecule has 14 heteroatoms. The lowest BCUT2D eigenvalue weighted by atomic mass is 10.2. The topological polar surface area (TPSA) is 137 Å². The number of methoxy groups -OCH3 is 3. The number of nitrogens with one attached hydrogen (secondary N) is 2. The lowest BCUT2D eigenvalue weighted by Crippen LogP contribution is -2.24. The minimum atomic E-state index is -0.679. The van der Waals surface area contributed by atoms with E-state index in [2.05, 4.69) is 31.0 Å². The number of aromatic nitrogens is 4. The molecule has 0 bridgehead atoms. The monoisotopic (exact) mass is 578 g/mol. The molecule has 2 aromatic heterocycles. The van der Waals surface area contributed by atoms with Crippen molar-refractivity contribution in [3.8, 4) is 40.3 Å². The molecule has 0 unspecified atom stereocenters. The van der Waals surface area contributed by atoms with Crippen LogP contribution in [-0.2, 0) is 6.54 Å². The Morgan fingerprint density at radius 2 is 1.81 bits per heavy atom. The third-order valence-corrected chi connectivity index (χ3v) is 5.85. The molecule has 0 fully saturated rings. The van der Waals surface area contributed by atoms with Gasteiger partial charge in [-0.2, -0.15) is 5.10 Å². The number of likely N-dealkylation sites (N-methyl/N-ethyl adjacent to an activating group) is 1. The van der Waals surface area contributed by atoms with Gasteiger partial charge in [0.25, 0.3) is 0 Å². The van der Waals surface area contributed by atoms with Gasteiger partial charge in [0.05, 0.1) is 27.5 Å². The average Bonchev–Trinajstić information content (AvgIpc) is 3.46. The van der Waals surface area contributed by atoms with Crippen LogP contribution in [0.3, 0.4) is 0 Å². The Hall–Kier alpha value is -5.24. The molecular formula is C28H31FN8O5. The Morgan fingerprint density at radius 3 is 2.48 bits per heavy atom. The van der Waals surface area contributed by atoms with Crippen molar-refractivity contribution < 1.29 is 28.1 Å². The van der Waals surface area contributed by atoms with Crippen molar-refractivity contribution in [3.63, 3.8) is 0 Å². The quantitative estimate of drug-likeness (QED) is 0.189. The standard InChI is InChI=1S/C28H31FN8O5/c1-36(2)10-11-37-17-32-34-27(37)22-15-20(8-9-30-22)42-23-7-6-19(14-21(23)29)33-28(38)35-31-16-18-12-24(39-3)26(41-5)25(13-18)40-4/h6-9,12-17H,10-11H2,1-5H3,(H2,33,35,38)/b31-16+. The molecule has 0 saturated carbocycles. The second-order valence-electron chi connectivity index (χ2n) is 9.06. The normalized spacial score (nSPS) is 11.0. The Labute approximate surface area is 241 Å². The van der Waals surface area contributed by atoms with Crippen LogP contribution in [0, 0.1) is 5.82 Å². The molecule has 0 saturated heterocycles. The molecule has 0 aliphatic carbocycles. The third-order valence-electron chi connectivity index (χ3n) is 5.85. The van der Waals surface area contributed by atoms with E-state index in [4.69, 9.17) is 18.9 Å². The summed E-state index contributed by atoms with van der Waals surface area (Å²) >= 11 is 0.